The van der Waals surface area contributed by atoms with Crippen LogP contribution in [0.15, 0.2) is 18.5 Å². The van der Waals surface area contributed by atoms with Crippen molar-refractivity contribution >= 4 is 0 Å². The maximum absolute atomic E-state index is 5.27. The van der Waals surface area contributed by atoms with E-state index in [0.717, 1.165) is 32.8 Å². The standard InChI is InChI=1S/C9H14N2O/c1-2-10-7-9(1)8-11-3-5-12-6-4-11/h1-2,7,10H,3-6,8H2. The number of morpholine rings is 1. The number of aromatic amines is 1. The highest BCUT2D eigenvalue weighted by atomic mass is 16.5. The average molecular weight is 166 g/mol. The van der Waals surface area contributed by atoms with Crippen LogP contribution in [0.3, 0.4) is 0 Å². The Kier molecular flexibility index (Phi) is 2.44. The van der Waals surface area contributed by atoms with Crippen molar-refractivity contribution in [3.8, 4) is 0 Å². The second kappa shape index (κ2) is 3.74. The van der Waals surface area contributed by atoms with E-state index in [-0.39, 0.29) is 0 Å². The largest absolute Gasteiger partial charge is 0.379 e. The lowest BCUT2D eigenvalue weighted by Crippen LogP contribution is -2.35. The number of rotatable bonds is 2. The van der Waals surface area contributed by atoms with Gasteiger partial charge in [0.25, 0.3) is 0 Å². The van der Waals surface area contributed by atoms with Gasteiger partial charge in [-0.2, -0.15) is 0 Å². The summed E-state index contributed by atoms with van der Waals surface area (Å²) < 4.78 is 5.27. The normalized spacial score (nSPS) is 19.7. The SMILES string of the molecule is c1cc(CN2CCOCC2)c[nH]1. The van der Waals surface area contributed by atoms with Gasteiger partial charge >= 0.3 is 0 Å². The van der Waals surface area contributed by atoms with Gasteiger partial charge in [0.15, 0.2) is 0 Å². The lowest BCUT2D eigenvalue weighted by molar-refractivity contribution is 0.0342. The second-order valence-corrected chi connectivity index (χ2v) is 3.11. The van der Waals surface area contributed by atoms with Gasteiger partial charge in [-0.15, -0.1) is 0 Å². The zero-order chi connectivity index (χ0) is 8.23. The van der Waals surface area contributed by atoms with Gasteiger partial charge in [-0.05, 0) is 11.6 Å². The molecule has 0 spiro atoms. The maximum Gasteiger partial charge on any atom is 0.0594 e. The van der Waals surface area contributed by atoms with Crippen LogP contribution in [0.25, 0.3) is 0 Å². The molecule has 0 atom stereocenters. The van der Waals surface area contributed by atoms with Crippen molar-refractivity contribution in [1.29, 1.82) is 0 Å². The van der Waals surface area contributed by atoms with Crippen molar-refractivity contribution in [2.24, 2.45) is 0 Å². The van der Waals surface area contributed by atoms with Crippen LogP contribution in [0.4, 0.5) is 0 Å². The Labute approximate surface area is 72.3 Å². The molecule has 0 aromatic carbocycles. The molecule has 1 saturated heterocycles. The maximum atomic E-state index is 5.27. The quantitative estimate of drug-likeness (QED) is 0.705. The highest BCUT2D eigenvalue weighted by Gasteiger charge is 2.09. The summed E-state index contributed by atoms with van der Waals surface area (Å²) in [5, 5.41) is 0. The fourth-order valence-electron chi connectivity index (χ4n) is 1.47. The summed E-state index contributed by atoms with van der Waals surface area (Å²) in [6.07, 6.45) is 4.02. The van der Waals surface area contributed by atoms with E-state index in [2.05, 4.69) is 22.1 Å². The van der Waals surface area contributed by atoms with Crippen LogP contribution >= 0.6 is 0 Å². The predicted molar refractivity (Wildman–Crippen MR) is 46.9 cm³/mol. The van der Waals surface area contributed by atoms with Gasteiger partial charge in [-0.25, -0.2) is 0 Å². The van der Waals surface area contributed by atoms with Gasteiger partial charge in [0, 0.05) is 32.0 Å². The minimum absolute atomic E-state index is 0.879. The van der Waals surface area contributed by atoms with Crippen molar-refractivity contribution in [2.45, 2.75) is 6.54 Å². The lowest BCUT2D eigenvalue weighted by atomic mass is 10.3. The Bertz CT molecular complexity index is 214. The minimum atomic E-state index is 0.879. The van der Waals surface area contributed by atoms with E-state index in [9.17, 15) is 0 Å². The van der Waals surface area contributed by atoms with Gasteiger partial charge in [-0.1, -0.05) is 0 Å². The minimum Gasteiger partial charge on any atom is -0.379 e. The molecule has 1 aliphatic heterocycles. The molecule has 0 unspecified atom stereocenters. The molecule has 1 fully saturated rings. The van der Waals surface area contributed by atoms with E-state index < -0.39 is 0 Å². The molecule has 2 rings (SSSR count). The summed E-state index contributed by atoms with van der Waals surface area (Å²) in [6.45, 7) is 4.93. The molecule has 1 N–H and O–H groups in total. The first-order valence-electron chi connectivity index (χ1n) is 4.37. The first-order chi connectivity index (χ1) is 5.95. The van der Waals surface area contributed by atoms with Crippen LogP contribution in [0.1, 0.15) is 5.56 Å². The third-order valence-electron chi connectivity index (χ3n) is 2.17. The van der Waals surface area contributed by atoms with Gasteiger partial charge in [-0.3, -0.25) is 4.90 Å². The summed E-state index contributed by atoms with van der Waals surface area (Å²) in [5.74, 6) is 0. The average Bonchev–Trinajstić information content (AvgIpc) is 2.59. The third-order valence-corrected chi connectivity index (χ3v) is 2.17. The molecule has 3 nitrogen and oxygen atoms in total. The van der Waals surface area contributed by atoms with E-state index in [1.807, 2.05) is 6.20 Å². The Morgan fingerprint density at radius 1 is 1.42 bits per heavy atom. The highest BCUT2D eigenvalue weighted by Crippen LogP contribution is 2.05. The number of nitrogens with zero attached hydrogens (tertiary/aromatic N) is 1. The first kappa shape index (κ1) is 7.83. The van der Waals surface area contributed by atoms with Crippen LogP contribution < -0.4 is 0 Å². The Morgan fingerprint density at radius 2 is 2.25 bits per heavy atom. The van der Waals surface area contributed by atoms with Gasteiger partial charge in [0.05, 0.1) is 13.2 Å². The van der Waals surface area contributed by atoms with Crippen molar-refractivity contribution in [2.75, 3.05) is 26.3 Å². The van der Waals surface area contributed by atoms with E-state index >= 15 is 0 Å². The van der Waals surface area contributed by atoms with Crippen LogP contribution in [-0.2, 0) is 11.3 Å². The van der Waals surface area contributed by atoms with Gasteiger partial charge in [0.1, 0.15) is 0 Å². The van der Waals surface area contributed by atoms with E-state index in [4.69, 9.17) is 4.74 Å². The molecule has 0 aliphatic carbocycles. The summed E-state index contributed by atoms with van der Waals surface area (Å²) in [4.78, 5) is 5.47. The number of aromatic nitrogens is 1. The molecule has 3 heteroatoms. The molecular formula is C9H14N2O. The zero-order valence-electron chi connectivity index (χ0n) is 7.12. The van der Waals surface area contributed by atoms with Crippen LogP contribution in [0, 0.1) is 0 Å². The smallest absolute Gasteiger partial charge is 0.0594 e. The molecule has 12 heavy (non-hydrogen) atoms. The molecule has 0 radical (unpaired) electrons. The summed E-state index contributed by atoms with van der Waals surface area (Å²) in [5.41, 5.74) is 1.36. The number of H-pyrrole nitrogens is 1. The Balaban J connectivity index is 1.86. The highest BCUT2D eigenvalue weighted by molar-refractivity contribution is 5.07. The number of hydrogen-bond donors (Lipinski definition) is 1. The monoisotopic (exact) mass is 166 g/mol. The van der Waals surface area contributed by atoms with Crippen molar-refractivity contribution in [3.63, 3.8) is 0 Å². The molecule has 0 amide bonds. The van der Waals surface area contributed by atoms with E-state index in [1.165, 1.54) is 5.56 Å². The molecule has 2 heterocycles. The molecule has 1 aromatic rings. The first-order valence-corrected chi connectivity index (χ1v) is 4.37. The number of nitrogens with one attached hydrogen (secondary N) is 1. The second-order valence-electron chi connectivity index (χ2n) is 3.11. The fourth-order valence-corrected chi connectivity index (χ4v) is 1.47. The van der Waals surface area contributed by atoms with Crippen LogP contribution in [0.2, 0.25) is 0 Å². The summed E-state index contributed by atoms with van der Waals surface area (Å²) in [7, 11) is 0. The molecule has 1 aliphatic rings. The zero-order valence-corrected chi connectivity index (χ0v) is 7.12. The Hall–Kier alpha value is -0.800. The summed E-state index contributed by atoms with van der Waals surface area (Å²) in [6, 6.07) is 2.12. The van der Waals surface area contributed by atoms with Crippen molar-refractivity contribution in [3.05, 3.63) is 24.0 Å². The van der Waals surface area contributed by atoms with Crippen LogP contribution in [0.5, 0.6) is 0 Å². The topological polar surface area (TPSA) is 28.3 Å². The molecule has 0 saturated carbocycles. The van der Waals surface area contributed by atoms with Gasteiger partial charge < -0.3 is 9.72 Å². The number of hydrogen-bond acceptors (Lipinski definition) is 2. The van der Waals surface area contributed by atoms with E-state index in [1.54, 1.807) is 0 Å². The van der Waals surface area contributed by atoms with E-state index in [0.29, 0.717) is 0 Å². The predicted octanol–water partition coefficient (Wildman–Crippen LogP) is 0.847. The van der Waals surface area contributed by atoms with Crippen LogP contribution in [-0.4, -0.2) is 36.2 Å². The fraction of sp³-hybridized carbons (Fsp3) is 0.556. The summed E-state index contributed by atoms with van der Waals surface area (Å²) >= 11 is 0. The lowest BCUT2D eigenvalue weighted by Gasteiger charge is -2.25. The third kappa shape index (κ3) is 1.87. The van der Waals surface area contributed by atoms with Gasteiger partial charge in [0.2, 0.25) is 0 Å². The van der Waals surface area contributed by atoms with Crippen molar-refractivity contribution < 1.29 is 4.74 Å². The van der Waals surface area contributed by atoms with Crippen molar-refractivity contribution in [1.82, 2.24) is 9.88 Å². The molecule has 1 aromatic heterocycles. The molecule has 0 bridgehead atoms. The number of ether oxygens (including phenoxy) is 1. The Morgan fingerprint density at radius 3 is 2.92 bits per heavy atom. The molecule has 66 valence electrons. The molecular weight excluding hydrogens is 152 g/mol.